The van der Waals surface area contributed by atoms with E-state index >= 15 is 0 Å². The first kappa shape index (κ1) is 15.7. The van der Waals surface area contributed by atoms with Crippen LogP contribution in [-0.2, 0) is 4.79 Å². The van der Waals surface area contributed by atoms with Gasteiger partial charge in [0.2, 0.25) is 5.91 Å². The van der Waals surface area contributed by atoms with Crippen LogP contribution in [0.25, 0.3) is 0 Å². The minimum atomic E-state index is -0.0625. The van der Waals surface area contributed by atoms with E-state index in [2.05, 4.69) is 15.5 Å². The summed E-state index contributed by atoms with van der Waals surface area (Å²) in [6.45, 7) is 4.04. The average molecular weight is 330 g/mol. The van der Waals surface area contributed by atoms with Crippen LogP contribution < -0.4 is 15.5 Å². The molecule has 0 aliphatic carbocycles. The van der Waals surface area contributed by atoms with E-state index in [-0.39, 0.29) is 5.91 Å². The van der Waals surface area contributed by atoms with Gasteiger partial charge in [-0.1, -0.05) is 29.8 Å². The lowest BCUT2D eigenvalue weighted by atomic mass is 10.2. The van der Waals surface area contributed by atoms with E-state index in [1.807, 2.05) is 49.4 Å². The maximum absolute atomic E-state index is 12.4. The summed E-state index contributed by atoms with van der Waals surface area (Å²) in [7, 11) is 0. The Morgan fingerprint density at radius 2 is 2.13 bits per heavy atom. The van der Waals surface area contributed by atoms with Gasteiger partial charge in [-0.2, -0.15) is 0 Å². The van der Waals surface area contributed by atoms with Gasteiger partial charge in [-0.3, -0.25) is 4.79 Å². The molecule has 0 aromatic heterocycles. The third kappa shape index (κ3) is 3.77. The summed E-state index contributed by atoms with van der Waals surface area (Å²) < 4.78 is 0. The summed E-state index contributed by atoms with van der Waals surface area (Å²) in [5.74, 6) is -0.0625. The van der Waals surface area contributed by atoms with Crippen LogP contribution in [0.2, 0.25) is 5.02 Å². The lowest BCUT2D eigenvalue weighted by Crippen LogP contribution is -2.33. The summed E-state index contributed by atoms with van der Waals surface area (Å²) in [4.78, 5) is 14.5. The minimum absolute atomic E-state index is 0.0625. The van der Waals surface area contributed by atoms with Gasteiger partial charge in [-0.15, -0.1) is 0 Å². The number of amides is 1. The van der Waals surface area contributed by atoms with E-state index in [1.165, 1.54) is 0 Å². The number of benzene rings is 2. The standard InChI is InChI=1S/C18H20ClN3O/c1-13-7-8-15(14(19)11-13)21-18(23)12-22-10-4-9-20-16-5-2-3-6-17(16)22/h2-3,5-8,11,20H,4,9-10,12H2,1H3,(H,21,23). The predicted octanol–water partition coefficient (Wildman–Crippen LogP) is 3.91. The Morgan fingerprint density at radius 3 is 2.96 bits per heavy atom. The van der Waals surface area contributed by atoms with Gasteiger partial charge in [0.15, 0.2) is 0 Å². The van der Waals surface area contributed by atoms with E-state index < -0.39 is 0 Å². The van der Waals surface area contributed by atoms with Gasteiger partial charge < -0.3 is 15.5 Å². The van der Waals surface area contributed by atoms with Crippen LogP contribution >= 0.6 is 11.6 Å². The van der Waals surface area contributed by atoms with Crippen molar-refractivity contribution in [3.63, 3.8) is 0 Å². The van der Waals surface area contributed by atoms with Gasteiger partial charge in [0.1, 0.15) is 0 Å². The molecule has 1 aliphatic heterocycles. The van der Waals surface area contributed by atoms with Gasteiger partial charge in [-0.25, -0.2) is 0 Å². The first-order valence-corrected chi connectivity index (χ1v) is 8.15. The molecule has 0 saturated carbocycles. The molecule has 5 heteroatoms. The largest absolute Gasteiger partial charge is 0.383 e. The summed E-state index contributed by atoms with van der Waals surface area (Å²) in [6, 6.07) is 13.7. The number of hydrogen-bond acceptors (Lipinski definition) is 3. The number of fused-ring (bicyclic) bond motifs is 1. The van der Waals surface area contributed by atoms with Crippen molar-refractivity contribution in [1.82, 2.24) is 0 Å². The van der Waals surface area contributed by atoms with Crippen molar-refractivity contribution >= 4 is 34.6 Å². The molecule has 1 amide bonds. The van der Waals surface area contributed by atoms with E-state index in [0.29, 0.717) is 17.3 Å². The maximum Gasteiger partial charge on any atom is 0.243 e. The monoisotopic (exact) mass is 329 g/mol. The van der Waals surface area contributed by atoms with Gasteiger partial charge in [0.05, 0.1) is 28.6 Å². The Bertz CT molecular complexity index is 717. The summed E-state index contributed by atoms with van der Waals surface area (Å²) in [5, 5.41) is 6.87. The first-order valence-electron chi connectivity index (χ1n) is 7.77. The highest BCUT2D eigenvalue weighted by Gasteiger charge is 2.17. The van der Waals surface area contributed by atoms with Crippen molar-refractivity contribution < 1.29 is 4.79 Å². The fourth-order valence-electron chi connectivity index (χ4n) is 2.76. The number of carbonyl (C=O) groups excluding carboxylic acids is 1. The van der Waals surface area contributed by atoms with Gasteiger partial charge >= 0.3 is 0 Å². The molecular formula is C18H20ClN3O. The van der Waals surface area contributed by atoms with E-state index in [9.17, 15) is 4.79 Å². The number of nitrogens with zero attached hydrogens (tertiary/aromatic N) is 1. The predicted molar refractivity (Wildman–Crippen MR) is 96.6 cm³/mol. The Morgan fingerprint density at radius 1 is 1.30 bits per heavy atom. The van der Waals surface area contributed by atoms with Crippen LogP contribution in [-0.4, -0.2) is 25.5 Å². The van der Waals surface area contributed by atoms with Crippen LogP contribution in [0.5, 0.6) is 0 Å². The molecule has 4 nitrogen and oxygen atoms in total. The highest BCUT2D eigenvalue weighted by atomic mass is 35.5. The van der Waals surface area contributed by atoms with E-state index in [0.717, 1.165) is 36.4 Å². The molecule has 0 spiro atoms. The molecular weight excluding hydrogens is 310 g/mol. The number of carbonyl (C=O) groups is 1. The second kappa shape index (κ2) is 6.92. The van der Waals surface area contributed by atoms with Crippen LogP contribution in [0.1, 0.15) is 12.0 Å². The topological polar surface area (TPSA) is 44.4 Å². The Kier molecular flexibility index (Phi) is 4.72. The second-order valence-electron chi connectivity index (χ2n) is 5.75. The molecule has 1 heterocycles. The van der Waals surface area contributed by atoms with Crippen molar-refractivity contribution in [2.75, 3.05) is 35.2 Å². The summed E-state index contributed by atoms with van der Waals surface area (Å²) in [5.41, 5.74) is 3.87. The molecule has 23 heavy (non-hydrogen) atoms. The summed E-state index contributed by atoms with van der Waals surface area (Å²) in [6.07, 6.45) is 0.993. The van der Waals surface area contributed by atoms with Crippen molar-refractivity contribution in [1.29, 1.82) is 0 Å². The van der Waals surface area contributed by atoms with E-state index in [4.69, 9.17) is 11.6 Å². The Balaban J connectivity index is 1.72. The first-order chi connectivity index (χ1) is 11.1. The van der Waals surface area contributed by atoms with Gasteiger partial charge in [-0.05, 0) is 43.2 Å². The highest BCUT2D eigenvalue weighted by Crippen LogP contribution is 2.28. The van der Waals surface area contributed by atoms with Crippen molar-refractivity contribution in [3.8, 4) is 0 Å². The van der Waals surface area contributed by atoms with Crippen molar-refractivity contribution in [2.45, 2.75) is 13.3 Å². The normalized spacial score (nSPS) is 13.7. The third-order valence-electron chi connectivity index (χ3n) is 3.90. The molecule has 120 valence electrons. The number of nitrogens with one attached hydrogen (secondary N) is 2. The molecule has 0 unspecified atom stereocenters. The van der Waals surface area contributed by atoms with Crippen LogP contribution in [0.3, 0.4) is 0 Å². The lowest BCUT2D eigenvalue weighted by Gasteiger charge is -2.23. The molecule has 0 saturated heterocycles. The average Bonchev–Trinajstić information content (AvgIpc) is 2.73. The fourth-order valence-corrected chi connectivity index (χ4v) is 3.04. The van der Waals surface area contributed by atoms with Crippen LogP contribution in [0, 0.1) is 6.92 Å². The van der Waals surface area contributed by atoms with Crippen molar-refractivity contribution in [3.05, 3.63) is 53.1 Å². The molecule has 0 atom stereocenters. The molecule has 0 bridgehead atoms. The zero-order valence-corrected chi connectivity index (χ0v) is 13.9. The number of aryl methyl sites for hydroxylation is 1. The van der Waals surface area contributed by atoms with Crippen LogP contribution in [0.15, 0.2) is 42.5 Å². The van der Waals surface area contributed by atoms with Gasteiger partial charge in [0, 0.05) is 13.1 Å². The lowest BCUT2D eigenvalue weighted by molar-refractivity contribution is -0.115. The Hall–Kier alpha value is -2.20. The molecule has 1 aliphatic rings. The maximum atomic E-state index is 12.4. The molecule has 3 rings (SSSR count). The van der Waals surface area contributed by atoms with Crippen LogP contribution in [0.4, 0.5) is 17.1 Å². The van der Waals surface area contributed by atoms with E-state index in [1.54, 1.807) is 0 Å². The number of rotatable bonds is 3. The molecule has 0 fully saturated rings. The number of halogens is 1. The molecule has 0 radical (unpaired) electrons. The smallest absolute Gasteiger partial charge is 0.243 e. The molecule has 2 N–H and O–H groups in total. The second-order valence-corrected chi connectivity index (χ2v) is 6.16. The number of para-hydroxylation sites is 2. The Labute approximate surface area is 141 Å². The highest BCUT2D eigenvalue weighted by molar-refractivity contribution is 6.33. The number of anilines is 3. The third-order valence-corrected chi connectivity index (χ3v) is 4.21. The molecule has 2 aromatic carbocycles. The minimum Gasteiger partial charge on any atom is -0.383 e. The van der Waals surface area contributed by atoms with Gasteiger partial charge in [0.25, 0.3) is 0 Å². The quantitative estimate of drug-likeness (QED) is 0.897. The number of hydrogen-bond donors (Lipinski definition) is 2. The zero-order chi connectivity index (χ0) is 16.2. The summed E-state index contributed by atoms with van der Waals surface area (Å²) >= 11 is 6.19. The fraction of sp³-hybridized carbons (Fsp3) is 0.278. The SMILES string of the molecule is Cc1ccc(NC(=O)CN2CCCNc3ccccc32)c(Cl)c1. The van der Waals surface area contributed by atoms with Crippen molar-refractivity contribution in [2.24, 2.45) is 0 Å². The zero-order valence-electron chi connectivity index (χ0n) is 13.1. The molecule has 2 aromatic rings.